The van der Waals surface area contributed by atoms with E-state index in [1.54, 1.807) is 18.3 Å². The van der Waals surface area contributed by atoms with Crippen LogP contribution in [-0.4, -0.2) is 58.7 Å². The van der Waals surface area contributed by atoms with Crippen LogP contribution in [0.3, 0.4) is 0 Å². The van der Waals surface area contributed by atoms with Crippen molar-refractivity contribution in [3.63, 3.8) is 0 Å². The van der Waals surface area contributed by atoms with Crippen LogP contribution in [0.5, 0.6) is 0 Å². The van der Waals surface area contributed by atoms with Gasteiger partial charge in [-0.05, 0) is 6.92 Å². The Morgan fingerprint density at radius 3 is 2.83 bits per heavy atom. The molecule has 0 unspecified atom stereocenters. The molecule has 0 radical (unpaired) electrons. The van der Waals surface area contributed by atoms with Crippen LogP contribution in [0.4, 0.5) is 10.9 Å². The molecule has 0 aliphatic carbocycles. The number of nitrogens with one attached hydrogen (secondary N) is 1. The number of thiazole rings is 1. The van der Waals surface area contributed by atoms with Crippen molar-refractivity contribution in [3.05, 3.63) is 53.3 Å². The highest BCUT2D eigenvalue weighted by atomic mass is 32.1. The molecule has 8 nitrogen and oxygen atoms in total. The minimum Gasteiger partial charge on any atom is -0.462 e. The molecule has 156 valence electrons. The zero-order valence-electron chi connectivity index (χ0n) is 16.7. The molecule has 30 heavy (non-hydrogen) atoms. The van der Waals surface area contributed by atoms with E-state index >= 15 is 0 Å². The molecular formula is C21H23N5O3S. The normalized spacial score (nSPS) is 14.4. The highest BCUT2D eigenvalue weighted by Crippen LogP contribution is 2.34. The second-order valence-corrected chi connectivity index (χ2v) is 7.76. The minimum atomic E-state index is -0.464. The number of morpholine rings is 1. The van der Waals surface area contributed by atoms with Crippen LogP contribution in [0.15, 0.2) is 42.9 Å². The Balaban J connectivity index is 1.64. The number of hydrogen-bond donors (Lipinski definition) is 1. The number of aromatic nitrogens is 3. The van der Waals surface area contributed by atoms with E-state index in [0.29, 0.717) is 10.9 Å². The minimum absolute atomic E-state index is 0.283. The number of anilines is 2. The lowest BCUT2D eigenvalue weighted by Gasteiger charge is -2.26. The van der Waals surface area contributed by atoms with Gasteiger partial charge in [-0.1, -0.05) is 41.7 Å². The van der Waals surface area contributed by atoms with Gasteiger partial charge in [0.05, 0.1) is 25.5 Å². The first-order chi connectivity index (χ1) is 14.7. The SMILES string of the molecule is CCOC(=O)c1cncnc1Nc1nc(-c2ccccc2)c(CN2CCOCC2)s1. The van der Waals surface area contributed by atoms with Gasteiger partial charge in [0.25, 0.3) is 0 Å². The Bertz CT molecular complexity index is 989. The lowest BCUT2D eigenvalue weighted by molar-refractivity contribution is 0.0347. The molecule has 0 bridgehead atoms. The fraction of sp³-hybridized carbons (Fsp3) is 0.333. The number of carbonyl (C=O) groups is 1. The van der Waals surface area contributed by atoms with Crippen molar-refractivity contribution in [3.8, 4) is 11.3 Å². The van der Waals surface area contributed by atoms with Crippen LogP contribution in [0, 0.1) is 0 Å². The third-order valence-electron chi connectivity index (χ3n) is 4.65. The van der Waals surface area contributed by atoms with Crippen LogP contribution in [0.25, 0.3) is 11.3 Å². The molecule has 3 aromatic rings. The summed E-state index contributed by atoms with van der Waals surface area (Å²) in [5, 5.41) is 3.86. The van der Waals surface area contributed by atoms with Crippen molar-refractivity contribution < 1.29 is 14.3 Å². The summed E-state index contributed by atoms with van der Waals surface area (Å²) in [4.78, 5) is 28.7. The average Bonchev–Trinajstić information content (AvgIpc) is 3.17. The number of hydrogen-bond acceptors (Lipinski definition) is 9. The molecule has 9 heteroatoms. The molecule has 1 saturated heterocycles. The summed E-state index contributed by atoms with van der Waals surface area (Å²) >= 11 is 1.56. The van der Waals surface area contributed by atoms with E-state index in [1.165, 1.54) is 12.5 Å². The van der Waals surface area contributed by atoms with Crippen molar-refractivity contribution in [1.82, 2.24) is 19.9 Å². The zero-order valence-corrected chi connectivity index (χ0v) is 17.5. The van der Waals surface area contributed by atoms with Gasteiger partial charge in [-0.3, -0.25) is 4.90 Å². The summed E-state index contributed by atoms with van der Waals surface area (Å²) in [6.07, 6.45) is 2.85. The Labute approximate surface area is 178 Å². The van der Waals surface area contributed by atoms with Crippen molar-refractivity contribution >= 4 is 28.3 Å². The van der Waals surface area contributed by atoms with Gasteiger partial charge in [-0.2, -0.15) is 0 Å². The molecule has 4 rings (SSSR count). The van der Waals surface area contributed by atoms with Gasteiger partial charge >= 0.3 is 5.97 Å². The molecule has 1 N–H and O–H groups in total. The Morgan fingerprint density at radius 2 is 2.07 bits per heavy atom. The second-order valence-electron chi connectivity index (χ2n) is 6.68. The molecule has 1 aliphatic heterocycles. The zero-order chi connectivity index (χ0) is 20.8. The molecular weight excluding hydrogens is 402 g/mol. The molecule has 0 atom stereocenters. The predicted octanol–water partition coefficient (Wildman–Crippen LogP) is 3.35. The van der Waals surface area contributed by atoms with E-state index in [0.717, 1.165) is 49.0 Å². The van der Waals surface area contributed by atoms with Gasteiger partial charge in [-0.15, -0.1) is 0 Å². The maximum Gasteiger partial charge on any atom is 0.343 e. The third kappa shape index (κ3) is 4.81. The van der Waals surface area contributed by atoms with Gasteiger partial charge in [0, 0.05) is 36.3 Å². The average molecular weight is 426 g/mol. The Morgan fingerprint density at radius 1 is 1.27 bits per heavy atom. The largest absolute Gasteiger partial charge is 0.462 e. The smallest absolute Gasteiger partial charge is 0.343 e. The maximum absolute atomic E-state index is 12.2. The van der Waals surface area contributed by atoms with E-state index < -0.39 is 5.97 Å². The summed E-state index contributed by atoms with van der Waals surface area (Å²) < 4.78 is 10.6. The van der Waals surface area contributed by atoms with Gasteiger partial charge in [0.1, 0.15) is 17.7 Å². The quantitative estimate of drug-likeness (QED) is 0.577. The van der Waals surface area contributed by atoms with Crippen molar-refractivity contribution in [2.45, 2.75) is 13.5 Å². The molecule has 0 amide bonds. The molecule has 0 saturated carbocycles. The maximum atomic E-state index is 12.2. The van der Waals surface area contributed by atoms with E-state index in [9.17, 15) is 4.79 Å². The Kier molecular flexibility index (Phi) is 6.63. The van der Waals surface area contributed by atoms with Crippen LogP contribution in [0.1, 0.15) is 22.2 Å². The fourth-order valence-corrected chi connectivity index (χ4v) is 4.21. The topological polar surface area (TPSA) is 89.5 Å². The van der Waals surface area contributed by atoms with Gasteiger partial charge in [-0.25, -0.2) is 19.7 Å². The van der Waals surface area contributed by atoms with Gasteiger partial charge < -0.3 is 14.8 Å². The monoisotopic (exact) mass is 425 g/mol. The van der Waals surface area contributed by atoms with Crippen LogP contribution >= 0.6 is 11.3 Å². The van der Waals surface area contributed by atoms with E-state index in [2.05, 4.69) is 32.3 Å². The summed E-state index contributed by atoms with van der Waals surface area (Å²) in [7, 11) is 0. The summed E-state index contributed by atoms with van der Waals surface area (Å²) in [6, 6.07) is 10.1. The Hall–Kier alpha value is -2.88. The summed E-state index contributed by atoms with van der Waals surface area (Å²) in [5.74, 6) is -0.0799. The summed E-state index contributed by atoms with van der Waals surface area (Å²) in [5.41, 5.74) is 2.27. The van der Waals surface area contributed by atoms with E-state index in [4.69, 9.17) is 14.5 Å². The molecule has 2 aromatic heterocycles. The molecule has 1 aromatic carbocycles. The number of nitrogens with zero attached hydrogens (tertiary/aromatic N) is 4. The molecule has 1 aliphatic rings. The first kappa shape index (κ1) is 20.4. The second kappa shape index (κ2) is 9.75. The first-order valence-corrected chi connectivity index (χ1v) is 10.7. The lowest BCUT2D eigenvalue weighted by atomic mass is 10.1. The molecule has 1 fully saturated rings. The molecule has 0 spiro atoms. The predicted molar refractivity (Wildman–Crippen MR) is 115 cm³/mol. The van der Waals surface area contributed by atoms with Crippen LogP contribution < -0.4 is 5.32 Å². The van der Waals surface area contributed by atoms with E-state index in [1.807, 2.05) is 18.2 Å². The van der Waals surface area contributed by atoms with E-state index in [-0.39, 0.29) is 12.2 Å². The standard InChI is InChI=1S/C21H23N5O3S/c1-2-29-20(27)16-12-22-14-23-19(16)25-21-24-18(15-6-4-3-5-7-15)17(30-21)13-26-8-10-28-11-9-26/h3-7,12,14H,2,8-11,13H2,1H3,(H,22,23,24,25). The summed E-state index contributed by atoms with van der Waals surface area (Å²) in [6.45, 7) is 6.12. The highest BCUT2D eigenvalue weighted by Gasteiger charge is 2.20. The number of carbonyl (C=O) groups excluding carboxylic acids is 1. The van der Waals surface area contributed by atoms with Crippen molar-refractivity contribution in [2.75, 3.05) is 38.2 Å². The number of rotatable bonds is 7. The number of ether oxygens (including phenoxy) is 2. The van der Waals surface area contributed by atoms with Gasteiger partial charge in [0.2, 0.25) is 0 Å². The van der Waals surface area contributed by atoms with Crippen molar-refractivity contribution in [1.29, 1.82) is 0 Å². The van der Waals surface area contributed by atoms with Crippen LogP contribution in [-0.2, 0) is 16.0 Å². The number of benzene rings is 1. The van der Waals surface area contributed by atoms with Crippen LogP contribution in [0.2, 0.25) is 0 Å². The van der Waals surface area contributed by atoms with Gasteiger partial charge in [0.15, 0.2) is 5.13 Å². The number of esters is 1. The fourth-order valence-electron chi connectivity index (χ4n) is 3.19. The highest BCUT2D eigenvalue weighted by molar-refractivity contribution is 7.16. The lowest BCUT2D eigenvalue weighted by Crippen LogP contribution is -2.35. The first-order valence-electron chi connectivity index (χ1n) is 9.84. The third-order valence-corrected chi connectivity index (χ3v) is 5.60. The van der Waals surface area contributed by atoms with Crippen molar-refractivity contribution in [2.24, 2.45) is 0 Å². The molecule has 3 heterocycles.